The number of rotatable bonds is 7. The summed E-state index contributed by atoms with van der Waals surface area (Å²) in [7, 11) is 0. The van der Waals surface area contributed by atoms with Crippen LogP contribution in [0, 0.1) is 12.8 Å². The third kappa shape index (κ3) is 4.76. The monoisotopic (exact) mass is 310 g/mol. The van der Waals surface area contributed by atoms with Crippen molar-refractivity contribution >= 4 is 11.3 Å². The molecule has 1 aromatic rings. The molecule has 1 unspecified atom stereocenters. The molecule has 3 nitrogen and oxygen atoms in total. The first kappa shape index (κ1) is 16.9. The lowest BCUT2D eigenvalue weighted by Crippen LogP contribution is -2.21. The molecule has 2 rings (SSSR count). The van der Waals surface area contributed by atoms with Gasteiger partial charge < -0.3 is 10.1 Å². The predicted octanol–water partition coefficient (Wildman–Crippen LogP) is 4.61. The van der Waals surface area contributed by atoms with Gasteiger partial charge >= 0.3 is 0 Å². The van der Waals surface area contributed by atoms with E-state index in [2.05, 4.69) is 33.0 Å². The summed E-state index contributed by atoms with van der Waals surface area (Å²) in [5.41, 5.74) is 1.17. The smallest absolute Gasteiger partial charge is 0.122 e. The minimum absolute atomic E-state index is 0.215. The van der Waals surface area contributed by atoms with E-state index in [-0.39, 0.29) is 6.10 Å². The molecule has 4 heteroatoms. The lowest BCUT2D eigenvalue weighted by atomic mass is 9.85. The Morgan fingerprint density at radius 3 is 2.62 bits per heavy atom. The molecule has 1 aliphatic rings. The zero-order valence-corrected chi connectivity index (χ0v) is 14.8. The molecular formula is C17H30N2OS. The predicted molar refractivity (Wildman–Crippen MR) is 89.8 cm³/mol. The SMILES string of the molecule is CCOC(c1nc(C)c(CNC(C)C)s1)C1CCCCC1. The summed E-state index contributed by atoms with van der Waals surface area (Å²) in [5.74, 6) is 0.662. The van der Waals surface area contributed by atoms with Gasteiger partial charge in [-0.05, 0) is 32.6 Å². The van der Waals surface area contributed by atoms with Crippen molar-refractivity contribution in [1.82, 2.24) is 10.3 Å². The van der Waals surface area contributed by atoms with Gasteiger partial charge in [-0.3, -0.25) is 0 Å². The van der Waals surface area contributed by atoms with E-state index in [4.69, 9.17) is 9.72 Å². The minimum atomic E-state index is 0.215. The summed E-state index contributed by atoms with van der Waals surface area (Å²) >= 11 is 1.84. The number of aryl methyl sites for hydroxylation is 1. The van der Waals surface area contributed by atoms with Gasteiger partial charge in [0.25, 0.3) is 0 Å². The Balaban J connectivity index is 2.10. The Labute approximate surface area is 133 Å². The molecule has 0 aliphatic heterocycles. The van der Waals surface area contributed by atoms with Crippen LogP contribution in [0.5, 0.6) is 0 Å². The van der Waals surface area contributed by atoms with Crippen molar-refractivity contribution in [2.24, 2.45) is 5.92 Å². The minimum Gasteiger partial charge on any atom is -0.371 e. The van der Waals surface area contributed by atoms with Crippen LogP contribution in [-0.4, -0.2) is 17.6 Å². The quantitative estimate of drug-likeness (QED) is 0.798. The Kier molecular flexibility index (Phi) is 6.65. The van der Waals surface area contributed by atoms with E-state index < -0.39 is 0 Å². The van der Waals surface area contributed by atoms with E-state index in [1.807, 2.05) is 11.3 Å². The van der Waals surface area contributed by atoms with Crippen LogP contribution in [0.25, 0.3) is 0 Å². The third-order valence-electron chi connectivity index (χ3n) is 4.25. The third-order valence-corrected chi connectivity index (χ3v) is 5.47. The number of hydrogen-bond acceptors (Lipinski definition) is 4. The van der Waals surface area contributed by atoms with Crippen LogP contribution in [-0.2, 0) is 11.3 Å². The molecule has 1 heterocycles. The highest BCUT2D eigenvalue weighted by Crippen LogP contribution is 2.39. The second-order valence-corrected chi connectivity index (χ2v) is 7.49. The Morgan fingerprint density at radius 2 is 2.00 bits per heavy atom. The van der Waals surface area contributed by atoms with Gasteiger partial charge in [0.05, 0.1) is 5.69 Å². The van der Waals surface area contributed by atoms with Crippen LogP contribution >= 0.6 is 11.3 Å². The second kappa shape index (κ2) is 8.25. The summed E-state index contributed by atoms with van der Waals surface area (Å²) in [6.07, 6.45) is 6.88. The molecule has 0 aromatic carbocycles. The van der Waals surface area contributed by atoms with E-state index in [1.165, 1.54) is 47.7 Å². The standard InChI is InChI=1S/C17H30N2OS/c1-5-20-16(14-9-7-6-8-10-14)17-19-13(4)15(21-17)11-18-12(2)3/h12,14,16,18H,5-11H2,1-4H3. The molecule has 1 aliphatic carbocycles. The number of nitrogens with zero attached hydrogens (tertiary/aromatic N) is 1. The molecule has 120 valence electrons. The number of aromatic nitrogens is 1. The summed E-state index contributed by atoms with van der Waals surface area (Å²) in [4.78, 5) is 6.20. The highest BCUT2D eigenvalue weighted by Gasteiger charge is 2.28. The fourth-order valence-electron chi connectivity index (χ4n) is 3.06. The molecule has 0 bridgehead atoms. The van der Waals surface area contributed by atoms with Crippen molar-refractivity contribution in [2.75, 3.05) is 6.61 Å². The fraction of sp³-hybridized carbons (Fsp3) is 0.824. The average molecular weight is 311 g/mol. The summed E-state index contributed by atoms with van der Waals surface area (Å²) in [5, 5.41) is 4.69. The van der Waals surface area contributed by atoms with Crippen molar-refractivity contribution in [2.45, 2.75) is 78.5 Å². The highest BCUT2D eigenvalue weighted by molar-refractivity contribution is 7.11. The second-order valence-electron chi connectivity index (χ2n) is 6.37. The van der Waals surface area contributed by atoms with Gasteiger partial charge in [0, 0.05) is 24.1 Å². The number of hydrogen-bond donors (Lipinski definition) is 1. The number of thiazole rings is 1. The number of nitrogens with one attached hydrogen (secondary N) is 1. The number of ether oxygens (including phenoxy) is 1. The van der Waals surface area contributed by atoms with Gasteiger partial charge in [-0.2, -0.15) is 0 Å². The molecular weight excluding hydrogens is 280 g/mol. The van der Waals surface area contributed by atoms with Crippen LogP contribution in [0.4, 0.5) is 0 Å². The van der Waals surface area contributed by atoms with Crippen molar-refractivity contribution < 1.29 is 4.74 Å². The Hall–Kier alpha value is -0.450. The van der Waals surface area contributed by atoms with E-state index in [0.717, 1.165) is 13.2 Å². The van der Waals surface area contributed by atoms with Crippen molar-refractivity contribution in [3.63, 3.8) is 0 Å². The lowest BCUT2D eigenvalue weighted by Gasteiger charge is -2.28. The van der Waals surface area contributed by atoms with Crippen LogP contribution < -0.4 is 5.32 Å². The largest absolute Gasteiger partial charge is 0.371 e. The van der Waals surface area contributed by atoms with Gasteiger partial charge in [-0.15, -0.1) is 11.3 Å². The van der Waals surface area contributed by atoms with E-state index in [1.54, 1.807) is 0 Å². The molecule has 1 N–H and O–H groups in total. The van der Waals surface area contributed by atoms with E-state index >= 15 is 0 Å². The van der Waals surface area contributed by atoms with Crippen LogP contribution in [0.1, 0.15) is 74.6 Å². The van der Waals surface area contributed by atoms with Gasteiger partial charge in [-0.1, -0.05) is 33.1 Å². The maximum atomic E-state index is 6.09. The summed E-state index contributed by atoms with van der Waals surface area (Å²) in [6, 6.07) is 0.510. The maximum absolute atomic E-state index is 6.09. The molecule has 21 heavy (non-hydrogen) atoms. The first-order chi connectivity index (χ1) is 10.1. The molecule has 0 radical (unpaired) electrons. The normalized spacial score (nSPS) is 18.3. The van der Waals surface area contributed by atoms with E-state index in [0.29, 0.717) is 12.0 Å². The molecule has 0 saturated heterocycles. The van der Waals surface area contributed by atoms with Crippen LogP contribution in [0.15, 0.2) is 0 Å². The molecule has 1 aromatic heterocycles. The Bertz CT molecular complexity index is 424. The maximum Gasteiger partial charge on any atom is 0.122 e. The van der Waals surface area contributed by atoms with Gasteiger partial charge in [-0.25, -0.2) is 4.98 Å². The molecule has 0 spiro atoms. The zero-order valence-electron chi connectivity index (χ0n) is 13.9. The zero-order chi connectivity index (χ0) is 15.2. The summed E-state index contributed by atoms with van der Waals surface area (Å²) in [6.45, 7) is 10.3. The van der Waals surface area contributed by atoms with Gasteiger partial charge in [0.15, 0.2) is 0 Å². The fourth-order valence-corrected chi connectivity index (χ4v) is 4.22. The van der Waals surface area contributed by atoms with Crippen molar-refractivity contribution in [1.29, 1.82) is 0 Å². The van der Waals surface area contributed by atoms with E-state index in [9.17, 15) is 0 Å². The van der Waals surface area contributed by atoms with Gasteiger partial charge in [0.2, 0.25) is 0 Å². The molecule has 0 amide bonds. The molecule has 1 atom stereocenters. The van der Waals surface area contributed by atoms with Crippen LogP contribution in [0.3, 0.4) is 0 Å². The Morgan fingerprint density at radius 1 is 1.29 bits per heavy atom. The summed E-state index contributed by atoms with van der Waals surface area (Å²) < 4.78 is 6.09. The average Bonchev–Trinajstić information content (AvgIpc) is 2.84. The van der Waals surface area contributed by atoms with Gasteiger partial charge in [0.1, 0.15) is 11.1 Å². The highest BCUT2D eigenvalue weighted by atomic mass is 32.1. The van der Waals surface area contributed by atoms with Crippen LogP contribution in [0.2, 0.25) is 0 Å². The topological polar surface area (TPSA) is 34.1 Å². The molecule has 1 saturated carbocycles. The lowest BCUT2D eigenvalue weighted by molar-refractivity contribution is 0.00545. The molecule has 1 fully saturated rings. The van der Waals surface area contributed by atoms with Crippen molar-refractivity contribution in [3.8, 4) is 0 Å². The van der Waals surface area contributed by atoms with Crippen molar-refractivity contribution in [3.05, 3.63) is 15.6 Å². The first-order valence-electron chi connectivity index (χ1n) is 8.43. The first-order valence-corrected chi connectivity index (χ1v) is 9.24.